The monoisotopic (exact) mass is 697 g/mol. The number of aliphatic carboxylic acids is 2. The number of hydrogen-bond acceptors (Lipinski definition) is 12. The third kappa shape index (κ3) is 7.82. The molecule has 3 heterocycles. The van der Waals surface area contributed by atoms with Gasteiger partial charge in [0.2, 0.25) is 5.88 Å². The minimum atomic E-state index is -4.18. The summed E-state index contributed by atoms with van der Waals surface area (Å²) in [6, 6.07) is 5.14. The molecule has 0 saturated carbocycles. The Kier molecular flexibility index (Phi) is 10.2. The first-order valence-corrected chi connectivity index (χ1v) is 16.7. The van der Waals surface area contributed by atoms with Gasteiger partial charge in [-0.3, -0.25) is 33.2 Å². The summed E-state index contributed by atoms with van der Waals surface area (Å²) in [5.74, 6) is -2.38. The molecule has 1 fully saturated rings. The molecule has 18 heteroatoms. The maximum Gasteiger partial charge on any atom is 0.323 e. The average molecular weight is 698 g/mol. The van der Waals surface area contributed by atoms with Crippen LogP contribution >= 0.6 is 35.3 Å². The quantitative estimate of drug-likeness (QED) is 0.224. The molecule has 0 bridgehead atoms. The number of benzene rings is 1. The number of thiazole rings is 1. The van der Waals surface area contributed by atoms with Crippen molar-refractivity contribution < 1.29 is 47.0 Å². The summed E-state index contributed by atoms with van der Waals surface area (Å²) in [4.78, 5) is 51.7. The van der Waals surface area contributed by atoms with Crippen molar-refractivity contribution in [1.29, 1.82) is 0 Å². The minimum Gasteiger partial charge on any atom is -0.497 e. The zero-order valence-corrected chi connectivity index (χ0v) is 27.3. The van der Waals surface area contributed by atoms with Crippen LogP contribution in [0, 0.1) is 0 Å². The van der Waals surface area contributed by atoms with E-state index in [1.54, 1.807) is 43.0 Å². The Balaban J connectivity index is 1.78. The fourth-order valence-electron chi connectivity index (χ4n) is 4.53. The Morgan fingerprint density at radius 3 is 2.42 bits per heavy atom. The van der Waals surface area contributed by atoms with Gasteiger partial charge >= 0.3 is 11.9 Å². The molecule has 45 heavy (non-hydrogen) atoms. The van der Waals surface area contributed by atoms with Crippen LogP contribution in [0.1, 0.15) is 20.3 Å². The predicted molar refractivity (Wildman–Crippen MR) is 171 cm³/mol. The van der Waals surface area contributed by atoms with E-state index in [2.05, 4.69) is 0 Å². The highest BCUT2D eigenvalue weighted by Gasteiger charge is 2.35. The fourth-order valence-corrected chi connectivity index (χ4v) is 7.58. The number of methoxy groups -OCH3 is 1. The molecule has 1 aromatic carbocycles. The number of ether oxygens (including phenoxy) is 2. The number of carboxylic acids is 2. The zero-order chi connectivity index (χ0) is 33.2. The smallest absolute Gasteiger partial charge is 0.323 e. The lowest BCUT2D eigenvalue weighted by Gasteiger charge is -2.19. The van der Waals surface area contributed by atoms with Crippen molar-refractivity contribution in [2.24, 2.45) is 0 Å². The van der Waals surface area contributed by atoms with Crippen molar-refractivity contribution in [1.82, 2.24) is 9.47 Å². The first-order valence-electron chi connectivity index (χ1n) is 13.0. The molecule has 1 amide bonds. The van der Waals surface area contributed by atoms with Crippen molar-refractivity contribution in [2.45, 2.75) is 26.8 Å². The summed E-state index contributed by atoms with van der Waals surface area (Å²) in [5, 5.41) is 18.6. The summed E-state index contributed by atoms with van der Waals surface area (Å²) in [6.45, 7) is 2.22. The lowest BCUT2D eigenvalue weighted by Crippen LogP contribution is -2.36. The van der Waals surface area contributed by atoms with Gasteiger partial charge in [0, 0.05) is 18.2 Å². The third-order valence-corrected chi connectivity index (χ3v) is 9.87. The lowest BCUT2D eigenvalue weighted by atomic mass is 10.2. The van der Waals surface area contributed by atoms with Crippen LogP contribution in [-0.2, 0) is 31.0 Å². The van der Waals surface area contributed by atoms with E-state index in [1.807, 2.05) is 0 Å². The van der Waals surface area contributed by atoms with Gasteiger partial charge in [-0.05, 0) is 44.1 Å². The molecule has 14 nitrogen and oxygen atoms in total. The Morgan fingerprint density at radius 2 is 1.80 bits per heavy atom. The molecule has 1 saturated heterocycles. The van der Waals surface area contributed by atoms with E-state index in [1.165, 1.54) is 13.2 Å². The van der Waals surface area contributed by atoms with Crippen LogP contribution < -0.4 is 29.1 Å². The first kappa shape index (κ1) is 33.9. The maximum atomic E-state index is 13.3. The van der Waals surface area contributed by atoms with Crippen LogP contribution in [0.15, 0.2) is 46.1 Å². The molecule has 0 atom stereocenters. The summed E-state index contributed by atoms with van der Waals surface area (Å²) in [6.07, 6.45) is 3.32. The maximum absolute atomic E-state index is 13.3. The van der Waals surface area contributed by atoms with E-state index >= 15 is 0 Å². The number of thiocarbonyl (C=S) groups is 1. The Morgan fingerprint density at radius 1 is 1.11 bits per heavy atom. The molecule has 0 radical (unpaired) electrons. The van der Waals surface area contributed by atoms with Gasteiger partial charge in [0.25, 0.3) is 21.6 Å². The van der Waals surface area contributed by atoms with Crippen molar-refractivity contribution in [3.05, 3.63) is 60.9 Å². The van der Waals surface area contributed by atoms with E-state index < -0.39 is 52.4 Å². The van der Waals surface area contributed by atoms with E-state index in [9.17, 15) is 37.3 Å². The van der Waals surface area contributed by atoms with Gasteiger partial charge in [-0.25, -0.2) is 0 Å². The molecule has 1 aromatic heterocycles. The number of rotatable bonds is 11. The van der Waals surface area contributed by atoms with Gasteiger partial charge in [-0.1, -0.05) is 30.1 Å². The number of carbonyl (C=O) groups is 3. The number of thioether (sulfide) groups is 1. The van der Waals surface area contributed by atoms with Gasteiger partial charge in [-0.2, -0.15) is 8.42 Å². The summed E-state index contributed by atoms with van der Waals surface area (Å²) in [7, 11) is -2.68. The van der Waals surface area contributed by atoms with Crippen LogP contribution in [0.3, 0.4) is 0 Å². The second kappa shape index (κ2) is 13.6. The number of nitrogens with zero attached hydrogens (tertiary/aromatic N) is 3. The van der Waals surface area contributed by atoms with Crippen molar-refractivity contribution in [2.75, 3.05) is 30.9 Å². The number of amides is 1. The van der Waals surface area contributed by atoms with Crippen LogP contribution in [0.4, 0.5) is 5.69 Å². The number of allylic oxidation sites excluding steroid dienone is 3. The number of fused-ring (bicyclic) bond motifs is 1. The van der Waals surface area contributed by atoms with Crippen LogP contribution in [0.2, 0.25) is 0 Å². The normalized spacial score (nSPS) is 18.0. The summed E-state index contributed by atoms with van der Waals surface area (Å²) >= 11 is 6.81. The Bertz CT molecular complexity index is 1960. The Labute approximate surface area is 269 Å². The molecule has 0 spiro atoms. The van der Waals surface area contributed by atoms with E-state index in [4.69, 9.17) is 26.8 Å². The molecule has 2 aromatic rings. The highest BCUT2D eigenvalue weighted by atomic mass is 32.2. The highest BCUT2D eigenvalue weighted by Crippen LogP contribution is 2.42. The average Bonchev–Trinajstić information content (AvgIpc) is 3.54. The van der Waals surface area contributed by atoms with Gasteiger partial charge in [0.15, 0.2) is 5.75 Å². The van der Waals surface area contributed by atoms with E-state index in [-0.39, 0.29) is 31.4 Å². The van der Waals surface area contributed by atoms with Gasteiger partial charge < -0.3 is 24.6 Å². The number of aromatic nitrogens is 1. The van der Waals surface area contributed by atoms with Gasteiger partial charge in [-0.15, -0.1) is 11.3 Å². The van der Waals surface area contributed by atoms with Crippen LogP contribution in [0.5, 0.6) is 11.5 Å². The largest absolute Gasteiger partial charge is 0.497 e. The molecule has 2 aliphatic heterocycles. The van der Waals surface area contributed by atoms with E-state index in [0.29, 0.717) is 34.2 Å². The topological polar surface area (TPSA) is 193 Å². The number of hydrogen-bond donors (Lipinski definition) is 3. The van der Waals surface area contributed by atoms with Gasteiger partial charge in [0.05, 0.1) is 23.1 Å². The number of carbonyl (C=O) groups excluding carboxylic acids is 1. The second-order valence-electron chi connectivity index (χ2n) is 9.79. The minimum absolute atomic E-state index is 0.0275. The zero-order valence-electron chi connectivity index (χ0n) is 24.0. The van der Waals surface area contributed by atoms with Gasteiger partial charge in [0.1, 0.15) is 32.7 Å². The molecule has 3 N–H and O–H groups in total. The first-order chi connectivity index (χ1) is 21.1. The molecule has 2 aliphatic rings. The number of anilines is 1. The van der Waals surface area contributed by atoms with E-state index in [0.717, 1.165) is 32.6 Å². The van der Waals surface area contributed by atoms with Crippen LogP contribution in [-0.4, -0.2) is 80.8 Å². The molecule has 0 aliphatic carbocycles. The molecule has 240 valence electrons. The van der Waals surface area contributed by atoms with Crippen molar-refractivity contribution in [3.63, 3.8) is 0 Å². The SMILES string of the molecule is COc1ccc2c(c1)N(CCCS(=O)(=O)O)C(=C(C)C=C(C)C=c1s/c(=C3/SC(=S)N(CC(=O)O)C3=O)n(CC(=O)O)c1=O)O2. The molecular weight excluding hydrogens is 671 g/mol. The van der Waals surface area contributed by atoms with Crippen molar-refractivity contribution in [3.8, 4) is 11.5 Å². The molecule has 0 unspecified atom stereocenters. The molecular formula is C27H27N3O11S4. The lowest BCUT2D eigenvalue weighted by molar-refractivity contribution is -0.140. The standard InChI is InChI=1S/C27H27N3O11S4/c1-14(9-15(2)25-28(7-4-8-45(37,38)39)17-11-16(40-3)5-6-18(17)41-25)10-19-23(35)29(12-20(31)32)26(43-19)22-24(36)30(13-21(33)34)27(42)44-22/h5-6,9-11H,4,7-8,12-13H2,1-3H3,(H,31,32)(H,33,34)(H,37,38,39)/b14-9?,19-10?,25-15?,26-22+. The fraction of sp³-hybridized carbons (Fsp3) is 0.296. The third-order valence-electron chi connectivity index (χ3n) is 6.37. The summed E-state index contributed by atoms with van der Waals surface area (Å²) < 4.78 is 44.3. The summed E-state index contributed by atoms with van der Waals surface area (Å²) in [5.41, 5.74) is 1.11. The molecule has 4 rings (SSSR count). The highest BCUT2D eigenvalue weighted by molar-refractivity contribution is 8.30. The van der Waals surface area contributed by atoms with Crippen LogP contribution in [0.25, 0.3) is 11.0 Å². The second-order valence-corrected chi connectivity index (χ2v) is 14.0. The predicted octanol–water partition coefficient (Wildman–Crippen LogP) is 1.19. The van der Waals surface area contributed by atoms with Crippen molar-refractivity contribution >= 4 is 84.3 Å². The Hall–Kier alpha value is -3.97. The number of carboxylic acid groups (broad SMARTS) is 2.